The minimum Gasteiger partial charge on any atom is -0.380 e. The van der Waals surface area contributed by atoms with Crippen molar-refractivity contribution >= 4 is 5.95 Å². The van der Waals surface area contributed by atoms with Gasteiger partial charge < -0.3 is 9.64 Å². The monoisotopic (exact) mass is 273 g/mol. The Morgan fingerprint density at radius 1 is 1.25 bits per heavy atom. The molecule has 7 nitrogen and oxygen atoms in total. The smallest absolute Gasteiger partial charge is 0.252 e. The molecular formula is C13H15N5O2. The van der Waals surface area contributed by atoms with E-state index >= 15 is 0 Å². The summed E-state index contributed by atoms with van der Waals surface area (Å²) >= 11 is 0. The van der Waals surface area contributed by atoms with Crippen LogP contribution in [0, 0.1) is 0 Å². The first-order valence-corrected chi connectivity index (χ1v) is 6.53. The van der Waals surface area contributed by atoms with Gasteiger partial charge in [-0.15, -0.1) is 0 Å². The number of nitrogens with one attached hydrogen (secondary N) is 1. The SMILES string of the molecule is O=c1cc(-c2ccncn2)nc(N2CCCOCC2)[nH]1. The Kier molecular flexibility index (Phi) is 3.69. The van der Waals surface area contributed by atoms with Crippen LogP contribution in [0.2, 0.25) is 0 Å². The van der Waals surface area contributed by atoms with Gasteiger partial charge in [0.2, 0.25) is 5.95 Å². The van der Waals surface area contributed by atoms with Crippen molar-refractivity contribution in [3.05, 3.63) is 35.0 Å². The molecule has 0 saturated carbocycles. The number of ether oxygens (including phenoxy) is 1. The fraction of sp³-hybridized carbons (Fsp3) is 0.385. The number of rotatable bonds is 2. The van der Waals surface area contributed by atoms with Crippen molar-refractivity contribution in [1.29, 1.82) is 0 Å². The number of H-pyrrole nitrogens is 1. The van der Waals surface area contributed by atoms with Crippen LogP contribution in [0.5, 0.6) is 0 Å². The second kappa shape index (κ2) is 5.79. The largest absolute Gasteiger partial charge is 0.380 e. The second-order valence-electron chi connectivity index (χ2n) is 4.50. The van der Waals surface area contributed by atoms with E-state index in [2.05, 4.69) is 19.9 Å². The summed E-state index contributed by atoms with van der Waals surface area (Å²) < 4.78 is 5.41. The third kappa shape index (κ3) is 2.83. The Morgan fingerprint density at radius 2 is 2.20 bits per heavy atom. The molecule has 2 aromatic rings. The summed E-state index contributed by atoms with van der Waals surface area (Å²) in [5.74, 6) is 0.566. The molecule has 1 aliphatic heterocycles. The van der Waals surface area contributed by atoms with E-state index in [0.29, 0.717) is 23.9 Å². The zero-order chi connectivity index (χ0) is 13.8. The van der Waals surface area contributed by atoms with Crippen LogP contribution in [-0.2, 0) is 4.74 Å². The van der Waals surface area contributed by atoms with Gasteiger partial charge in [0.05, 0.1) is 18.0 Å². The highest BCUT2D eigenvalue weighted by Gasteiger charge is 2.14. The molecule has 1 saturated heterocycles. The Morgan fingerprint density at radius 3 is 3.05 bits per heavy atom. The van der Waals surface area contributed by atoms with Crippen molar-refractivity contribution in [2.75, 3.05) is 31.2 Å². The molecule has 1 fully saturated rings. The Labute approximate surface area is 115 Å². The molecular weight excluding hydrogens is 258 g/mol. The summed E-state index contributed by atoms with van der Waals surface area (Å²) in [4.78, 5) is 29.1. The Hall–Kier alpha value is -2.28. The molecule has 0 bridgehead atoms. The number of hydrogen-bond acceptors (Lipinski definition) is 6. The highest BCUT2D eigenvalue weighted by Crippen LogP contribution is 2.15. The summed E-state index contributed by atoms with van der Waals surface area (Å²) in [5, 5.41) is 0. The number of aromatic amines is 1. The predicted molar refractivity (Wildman–Crippen MR) is 73.5 cm³/mol. The molecule has 0 radical (unpaired) electrons. The highest BCUT2D eigenvalue weighted by atomic mass is 16.5. The van der Waals surface area contributed by atoms with Crippen LogP contribution < -0.4 is 10.5 Å². The van der Waals surface area contributed by atoms with E-state index in [1.165, 1.54) is 12.4 Å². The second-order valence-corrected chi connectivity index (χ2v) is 4.50. The van der Waals surface area contributed by atoms with E-state index < -0.39 is 0 Å². The predicted octanol–water partition coefficient (Wildman–Crippen LogP) is 0.454. The van der Waals surface area contributed by atoms with Gasteiger partial charge in [-0.25, -0.2) is 15.0 Å². The molecule has 0 atom stereocenters. The van der Waals surface area contributed by atoms with Crippen LogP contribution in [0.4, 0.5) is 5.95 Å². The third-order valence-electron chi connectivity index (χ3n) is 3.10. The van der Waals surface area contributed by atoms with E-state index in [1.807, 2.05) is 4.90 Å². The highest BCUT2D eigenvalue weighted by molar-refractivity contribution is 5.54. The number of nitrogens with zero attached hydrogens (tertiary/aromatic N) is 4. The van der Waals surface area contributed by atoms with Crippen molar-refractivity contribution < 1.29 is 4.74 Å². The van der Waals surface area contributed by atoms with Crippen molar-refractivity contribution in [3.8, 4) is 11.4 Å². The number of aromatic nitrogens is 4. The first kappa shape index (κ1) is 12.7. The number of anilines is 1. The summed E-state index contributed by atoms with van der Waals surface area (Å²) in [6.07, 6.45) is 3.99. The van der Waals surface area contributed by atoms with Crippen LogP contribution >= 0.6 is 0 Å². The van der Waals surface area contributed by atoms with Gasteiger partial charge in [0.1, 0.15) is 6.33 Å². The summed E-state index contributed by atoms with van der Waals surface area (Å²) in [6.45, 7) is 2.92. The maximum atomic E-state index is 11.8. The molecule has 1 aliphatic rings. The molecule has 0 aliphatic carbocycles. The lowest BCUT2D eigenvalue weighted by molar-refractivity contribution is 0.152. The first-order valence-electron chi connectivity index (χ1n) is 6.53. The Bertz CT molecular complexity index is 620. The lowest BCUT2D eigenvalue weighted by Gasteiger charge is -2.20. The normalized spacial score (nSPS) is 15.9. The van der Waals surface area contributed by atoms with Crippen LogP contribution in [-0.4, -0.2) is 46.2 Å². The summed E-state index contributed by atoms with van der Waals surface area (Å²) in [7, 11) is 0. The maximum Gasteiger partial charge on any atom is 0.252 e. The Balaban J connectivity index is 1.96. The lowest BCUT2D eigenvalue weighted by atomic mass is 10.3. The maximum absolute atomic E-state index is 11.8. The van der Waals surface area contributed by atoms with E-state index in [1.54, 1.807) is 12.3 Å². The zero-order valence-corrected chi connectivity index (χ0v) is 11.0. The van der Waals surface area contributed by atoms with Gasteiger partial charge in [-0.2, -0.15) is 0 Å². The molecule has 3 heterocycles. The molecule has 0 unspecified atom stereocenters. The fourth-order valence-electron chi connectivity index (χ4n) is 2.13. The average molecular weight is 273 g/mol. The molecule has 1 N–H and O–H groups in total. The molecule has 2 aromatic heterocycles. The van der Waals surface area contributed by atoms with Gasteiger partial charge >= 0.3 is 0 Å². The van der Waals surface area contributed by atoms with E-state index in [4.69, 9.17) is 4.74 Å². The first-order chi connectivity index (χ1) is 9.83. The van der Waals surface area contributed by atoms with Crippen molar-refractivity contribution in [3.63, 3.8) is 0 Å². The summed E-state index contributed by atoms with van der Waals surface area (Å²) in [5.41, 5.74) is 1.00. The minimum absolute atomic E-state index is 0.186. The molecule has 104 valence electrons. The molecule has 20 heavy (non-hydrogen) atoms. The summed E-state index contributed by atoms with van der Waals surface area (Å²) in [6, 6.07) is 3.18. The van der Waals surface area contributed by atoms with E-state index in [-0.39, 0.29) is 5.56 Å². The third-order valence-corrected chi connectivity index (χ3v) is 3.10. The van der Waals surface area contributed by atoms with Gasteiger partial charge in [-0.3, -0.25) is 9.78 Å². The van der Waals surface area contributed by atoms with E-state index in [9.17, 15) is 4.79 Å². The fourth-order valence-corrected chi connectivity index (χ4v) is 2.13. The minimum atomic E-state index is -0.186. The van der Waals surface area contributed by atoms with E-state index in [0.717, 1.165) is 26.1 Å². The van der Waals surface area contributed by atoms with Gasteiger partial charge in [0.25, 0.3) is 5.56 Å². The molecule has 7 heteroatoms. The lowest BCUT2D eigenvalue weighted by Crippen LogP contribution is -2.29. The van der Waals surface area contributed by atoms with Gasteiger partial charge in [0.15, 0.2) is 0 Å². The number of hydrogen-bond donors (Lipinski definition) is 1. The van der Waals surface area contributed by atoms with Crippen LogP contribution in [0.3, 0.4) is 0 Å². The van der Waals surface area contributed by atoms with Gasteiger partial charge in [-0.1, -0.05) is 0 Å². The standard InChI is InChI=1S/C13H15N5O2/c19-12-8-11(10-2-3-14-9-15-10)16-13(17-12)18-4-1-6-20-7-5-18/h2-3,8-9H,1,4-7H2,(H,16,17,19). The quantitative estimate of drug-likeness (QED) is 0.855. The molecule has 0 amide bonds. The van der Waals surface area contributed by atoms with Crippen LogP contribution in [0.15, 0.2) is 29.5 Å². The van der Waals surface area contributed by atoms with Crippen molar-refractivity contribution in [1.82, 2.24) is 19.9 Å². The van der Waals surface area contributed by atoms with Gasteiger partial charge in [-0.05, 0) is 12.5 Å². The van der Waals surface area contributed by atoms with Crippen molar-refractivity contribution in [2.24, 2.45) is 0 Å². The molecule has 3 rings (SSSR count). The topological polar surface area (TPSA) is 84.0 Å². The van der Waals surface area contributed by atoms with Crippen LogP contribution in [0.1, 0.15) is 6.42 Å². The average Bonchev–Trinajstić information content (AvgIpc) is 2.77. The zero-order valence-electron chi connectivity index (χ0n) is 11.0. The molecule has 0 aromatic carbocycles. The van der Waals surface area contributed by atoms with Crippen molar-refractivity contribution in [2.45, 2.75) is 6.42 Å². The molecule has 0 spiro atoms. The van der Waals surface area contributed by atoms with Gasteiger partial charge in [0, 0.05) is 32.0 Å². The van der Waals surface area contributed by atoms with Crippen LogP contribution in [0.25, 0.3) is 11.4 Å².